The van der Waals surface area contributed by atoms with Gasteiger partial charge in [-0.1, -0.05) is 114 Å². The summed E-state index contributed by atoms with van der Waals surface area (Å²) in [5.74, 6) is 1.80. The molecule has 0 saturated carbocycles. The quantitative estimate of drug-likeness (QED) is 0.419. The third-order valence-electron chi connectivity index (χ3n) is 4.75. The van der Waals surface area contributed by atoms with Crippen LogP contribution in [0.15, 0.2) is 36.4 Å². The molecule has 0 saturated heterocycles. The summed E-state index contributed by atoms with van der Waals surface area (Å²) in [7, 11) is 0. The van der Waals surface area contributed by atoms with Crippen molar-refractivity contribution in [3.63, 3.8) is 0 Å². The Morgan fingerprint density at radius 3 is 0.815 bits per heavy atom. The van der Waals surface area contributed by atoms with Crippen LogP contribution >= 0.6 is 0 Å². The summed E-state index contributed by atoms with van der Waals surface area (Å²) in [5.41, 5.74) is 22.1. The van der Waals surface area contributed by atoms with Gasteiger partial charge in [0.25, 0.3) is 0 Å². The summed E-state index contributed by atoms with van der Waals surface area (Å²) >= 11 is 0. The minimum atomic E-state index is 0. The molecule has 0 radical (unpaired) electrons. The van der Waals surface area contributed by atoms with Gasteiger partial charge in [-0.05, 0) is 23.7 Å². The van der Waals surface area contributed by atoms with Crippen LogP contribution in [0.3, 0.4) is 0 Å². The first-order valence-corrected chi connectivity index (χ1v) is 9.76. The van der Waals surface area contributed by atoms with E-state index in [2.05, 4.69) is 91.8 Å². The molecule has 2 N–H and O–H groups in total. The van der Waals surface area contributed by atoms with Gasteiger partial charge in [-0.3, -0.25) is 0 Å². The van der Waals surface area contributed by atoms with Crippen molar-refractivity contribution in [2.24, 2.45) is 0 Å². The second-order valence-electron chi connectivity index (χ2n) is 8.24. The van der Waals surface area contributed by atoms with Crippen LogP contribution in [0, 0.1) is 0 Å². The van der Waals surface area contributed by atoms with Crippen LogP contribution in [-0.4, -0.2) is 0 Å². The monoisotopic (exact) mass is 450 g/mol. The Labute approximate surface area is 181 Å². The van der Waals surface area contributed by atoms with Crippen molar-refractivity contribution in [2.45, 2.75) is 79.1 Å². The van der Waals surface area contributed by atoms with E-state index in [0.717, 1.165) is 33.6 Å². The summed E-state index contributed by atoms with van der Waals surface area (Å²) in [6, 6.07) is 12.3. The number of rotatable bonds is 4. The van der Waals surface area contributed by atoms with Gasteiger partial charge < -0.3 is 11.5 Å². The molecule has 148 valence electrons. The largest absolute Gasteiger partial charge is 2.00 e. The molecule has 0 unspecified atom stereocenters. The molecule has 0 aliphatic rings. The van der Waals surface area contributed by atoms with E-state index in [1.165, 1.54) is 0 Å². The van der Waals surface area contributed by atoms with E-state index >= 15 is 0 Å². The number of hydrogen-bond donors (Lipinski definition) is 0. The number of nitrogens with one attached hydrogen (secondary N) is 2. The minimum Gasteiger partial charge on any atom is -0.698 e. The van der Waals surface area contributed by atoms with E-state index < -0.39 is 0 Å². The SMILES string of the molecule is CC(C)c1cccc(C(C)C)c1[NH-].CC(C)c1cccc(C(C)C)c1[NH-].[Mo+2]. The third kappa shape index (κ3) is 7.00. The van der Waals surface area contributed by atoms with Gasteiger partial charge in [0.2, 0.25) is 0 Å². The molecular formula is C24H36MoN2. The molecule has 0 atom stereocenters. The maximum Gasteiger partial charge on any atom is 2.00 e. The van der Waals surface area contributed by atoms with Crippen LogP contribution < -0.4 is 0 Å². The van der Waals surface area contributed by atoms with E-state index in [9.17, 15) is 0 Å². The van der Waals surface area contributed by atoms with Gasteiger partial charge in [-0.15, -0.1) is 11.4 Å². The summed E-state index contributed by atoms with van der Waals surface area (Å²) < 4.78 is 0. The predicted octanol–water partition coefficient (Wildman–Crippen LogP) is 9.23. The van der Waals surface area contributed by atoms with Crippen LogP contribution in [-0.2, 0) is 21.1 Å². The molecule has 0 heterocycles. The number of hydrogen-bond acceptors (Lipinski definition) is 0. The summed E-state index contributed by atoms with van der Waals surface area (Å²) in [4.78, 5) is 0. The zero-order valence-corrected chi connectivity index (χ0v) is 20.2. The van der Waals surface area contributed by atoms with Gasteiger partial charge >= 0.3 is 21.1 Å². The Bertz CT molecular complexity index is 590. The smallest absolute Gasteiger partial charge is 0.698 e. The molecule has 0 spiro atoms. The molecular weight excluding hydrogens is 412 g/mol. The first kappa shape index (κ1) is 25.7. The van der Waals surface area contributed by atoms with Gasteiger partial charge in [0.1, 0.15) is 0 Å². The number of benzene rings is 2. The van der Waals surface area contributed by atoms with Crippen molar-refractivity contribution in [3.05, 3.63) is 70.1 Å². The minimum absolute atomic E-state index is 0. The zero-order valence-electron chi connectivity index (χ0n) is 18.2. The van der Waals surface area contributed by atoms with E-state index in [0.29, 0.717) is 23.7 Å². The third-order valence-corrected chi connectivity index (χ3v) is 4.75. The van der Waals surface area contributed by atoms with Crippen molar-refractivity contribution in [3.8, 4) is 0 Å². The fourth-order valence-electron chi connectivity index (χ4n) is 3.10. The molecule has 0 bridgehead atoms. The van der Waals surface area contributed by atoms with Gasteiger partial charge in [-0.25, -0.2) is 0 Å². The molecule has 2 nitrogen and oxygen atoms in total. The average molecular weight is 449 g/mol. The molecule has 0 fully saturated rings. The van der Waals surface area contributed by atoms with Gasteiger partial charge in [0.05, 0.1) is 0 Å². The first-order valence-electron chi connectivity index (χ1n) is 9.76. The van der Waals surface area contributed by atoms with Crippen molar-refractivity contribution >= 4 is 11.4 Å². The molecule has 2 aromatic carbocycles. The predicted molar refractivity (Wildman–Crippen MR) is 117 cm³/mol. The molecule has 3 heteroatoms. The van der Waals surface area contributed by atoms with Crippen molar-refractivity contribution < 1.29 is 21.1 Å². The molecule has 0 aromatic heterocycles. The molecule has 0 aliphatic heterocycles. The van der Waals surface area contributed by atoms with Crippen molar-refractivity contribution in [1.29, 1.82) is 0 Å². The van der Waals surface area contributed by atoms with E-state index in [-0.39, 0.29) is 21.1 Å². The van der Waals surface area contributed by atoms with Gasteiger partial charge in [-0.2, -0.15) is 0 Å². The van der Waals surface area contributed by atoms with Crippen LogP contribution in [0.25, 0.3) is 11.5 Å². The van der Waals surface area contributed by atoms with Crippen LogP contribution in [0.5, 0.6) is 0 Å². The molecule has 2 rings (SSSR count). The fraction of sp³-hybridized carbons (Fsp3) is 0.500. The second kappa shape index (κ2) is 11.5. The maximum absolute atomic E-state index is 8.01. The Hall–Kier alpha value is -1.27. The van der Waals surface area contributed by atoms with E-state index in [1.807, 2.05) is 0 Å². The van der Waals surface area contributed by atoms with Gasteiger partial charge in [0, 0.05) is 0 Å². The first-order chi connectivity index (χ1) is 12.1. The van der Waals surface area contributed by atoms with Crippen molar-refractivity contribution in [1.82, 2.24) is 0 Å². The average Bonchev–Trinajstić information content (AvgIpc) is 2.54. The molecule has 2 aromatic rings. The summed E-state index contributed by atoms with van der Waals surface area (Å²) in [6.07, 6.45) is 0. The van der Waals surface area contributed by atoms with Crippen LogP contribution in [0.1, 0.15) is 101 Å². The topological polar surface area (TPSA) is 47.6 Å². The Morgan fingerprint density at radius 1 is 0.481 bits per heavy atom. The van der Waals surface area contributed by atoms with E-state index in [4.69, 9.17) is 11.5 Å². The van der Waals surface area contributed by atoms with Crippen LogP contribution in [0.2, 0.25) is 0 Å². The van der Waals surface area contributed by atoms with Gasteiger partial charge in [0.15, 0.2) is 0 Å². The Morgan fingerprint density at radius 2 is 0.667 bits per heavy atom. The second-order valence-corrected chi connectivity index (χ2v) is 8.24. The molecule has 27 heavy (non-hydrogen) atoms. The fourth-order valence-corrected chi connectivity index (χ4v) is 3.10. The van der Waals surface area contributed by atoms with Crippen LogP contribution in [0.4, 0.5) is 11.4 Å². The zero-order chi connectivity index (χ0) is 20.0. The van der Waals surface area contributed by atoms with E-state index in [1.54, 1.807) is 0 Å². The Kier molecular flexibility index (Phi) is 11.0. The molecule has 0 amide bonds. The summed E-state index contributed by atoms with van der Waals surface area (Å²) in [5, 5.41) is 0. The van der Waals surface area contributed by atoms with Crippen molar-refractivity contribution in [2.75, 3.05) is 0 Å². The maximum atomic E-state index is 8.01. The summed E-state index contributed by atoms with van der Waals surface area (Å²) in [6.45, 7) is 17.1. The Balaban J connectivity index is 0.000000483. The standard InChI is InChI=1S/2C12H18N.Mo/c2*1-8(2)10-6-5-7-11(9(3)4)12(10)13;/h2*5-9,13H,1-4H3;/q2*-1;+2. The normalized spacial score (nSPS) is 10.8. The molecule has 0 aliphatic carbocycles.